The predicted molar refractivity (Wildman–Crippen MR) is 84.4 cm³/mol. The number of aromatic nitrogens is 2. The maximum atomic E-state index is 5.76. The maximum Gasteiger partial charge on any atom is 0.0750 e. The third kappa shape index (κ3) is 3.07. The summed E-state index contributed by atoms with van der Waals surface area (Å²) in [5.74, 6) is 5.76. The first-order valence-electron chi connectivity index (χ1n) is 7.08. The molecular weight excluding hydrogens is 260 g/mol. The Hall–Kier alpha value is -2.30. The Kier molecular flexibility index (Phi) is 4.19. The van der Waals surface area contributed by atoms with E-state index in [2.05, 4.69) is 33.6 Å². The molecule has 3 N–H and O–H groups in total. The number of nitrogens with two attached hydrogens (primary N) is 1. The Balaban J connectivity index is 1.85. The zero-order valence-corrected chi connectivity index (χ0v) is 11.7. The lowest BCUT2D eigenvalue weighted by molar-refractivity contribution is 0.516. The summed E-state index contributed by atoms with van der Waals surface area (Å²) in [5, 5.41) is 1.13. The standard InChI is InChI=1S/C17H18N4/c18-21-16(10-9-14-7-1-2-11-19-14)15-8-3-5-13-6-4-12-20-17(13)15/h1-8,11-12,16,21H,9-10,18H2. The van der Waals surface area contributed by atoms with Crippen LogP contribution in [-0.4, -0.2) is 9.97 Å². The molecule has 0 saturated carbocycles. The van der Waals surface area contributed by atoms with E-state index in [1.165, 1.54) is 0 Å². The molecule has 4 heteroatoms. The smallest absolute Gasteiger partial charge is 0.0750 e. The van der Waals surface area contributed by atoms with Gasteiger partial charge in [-0.05, 0) is 36.6 Å². The quantitative estimate of drug-likeness (QED) is 0.556. The van der Waals surface area contributed by atoms with Gasteiger partial charge in [-0.25, -0.2) is 0 Å². The highest BCUT2D eigenvalue weighted by Crippen LogP contribution is 2.25. The molecule has 0 saturated heterocycles. The van der Waals surface area contributed by atoms with Crippen molar-refractivity contribution in [2.24, 2.45) is 5.84 Å². The molecule has 0 bridgehead atoms. The molecule has 1 atom stereocenters. The van der Waals surface area contributed by atoms with E-state index in [1.807, 2.05) is 42.7 Å². The van der Waals surface area contributed by atoms with Crippen molar-refractivity contribution in [2.75, 3.05) is 0 Å². The van der Waals surface area contributed by atoms with E-state index in [0.29, 0.717) is 0 Å². The first-order chi connectivity index (χ1) is 10.4. The molecular formula is C17H18N4. The Morgan fingerprint density at radius 2 is 1.81 bits per heavy atom. The van der Waals surface area contributed by atoms with E-state index >= 15 is 0 Å². The van der Waals surface area contributed by atoms with E-state index in [1.54, 1.807) is 0 Å². The summed E-state index contributed by atoms with van der Waals surface area (Å²) in [7, 11) is 0. The van der Waals surface area contributed by atoms with Crippen molar-refractivity contribution >= 4 is 10.9 Å². The number of rotatable bonds is 5. The van der Waals surface area contributed by atoms with E-state index in [4.69, 9.17) is 5.84 Å². The number of benzene rings is 1. The van der Waals surface area contributed by atoms with Crippen LogP contribution >= 0.6 is 0 Å². The van der Waals surface area contributed by atoms with Gasteiger partial charge in [0.2, 0.25) is 0 Å². The van der Waals surface area contributed by atoms with Crippen molar-refractivity contribution in [3.8, 4) is 0 Å². The van der Waals surface area contributed by atoms with Crippen LogP contribution in [0.15, 0.2) is 60.9 Å². The Morgan fingerprint density at radius 3 is 2.62 bits per heavy atom. The van der Waals surface area contributed by atoms with Crippen LogP contribution in [0.4, 0.5) is 0 Å². The monoisotopic (exact) mass is 278 g/mol. The first-order valence-corrected chi connectivity index (χ1v) is 7.08. The summed E-state index contributed by atoms with van der Waals surface area (Å²) in [6.07, 6.45) is 5.39. The Bertz CT molecular complexity index is 707. The van der Waals surface area contributed by atoms with Crippen LogP contribution in [0, 0.1) is 0 Å². The minimum Gasteiger partial charge on any atom is -0.271 e. The van der Waals surface area contributed by atoms with Crippen LogP contribution in [0.25, 0.3) is 10.9 Å². The molecule has 0 aliphatic heterocycles. The van der Waals surface area contributed by atoms with Gasteiger partial charge >= 0.3 is 0 Å². The number of hydrazine groups is 1. The number of fused-ring (bicyclic) bond motifs is 1. The fraction of sp³-hybridized carbons (Fsp3) is 0.176. The molecule has 21 heavy (non-hydrogen) atoms. The zero-order valence-electron chi connectivity index (χ0n) is 11.7. The van der Waals surface area contributed by atoms with Gasteiger partial charge in [0.05, 0.1) is 5.52 Å². The van der Waals surface area contributed by atoms with E-state index in [9.17, 15) is 0 Å². The van der Waals surface area contributed by atoms with Crippen molar-refractivity contribution in [2.45, 2.75) is 18.9 Å². The van der Waals surface area contributed by atoms with Crippen LogP contribution < -0.4 is 11.3 Å². The average Bonchev–Trinajstić information content (AvgIpc) is 2.56. The van der Waals surface area contributed by atoms with Gasteiger partial charge in [0.15, 0.2) is 0 Å². The molecule has 0 aliphatic carbocycles. The van der Waals surface area contributed by atoms with Gasteiger partial charge < -0.3 is 0 Å². The van der Waals surface area contributed by atoms with Crippen LogP contribution in [-0.2, 0) is 6.42 Å². The fourth-order valence-electron chi connectivity index (χ4n) is 2.58. The molecule has 0 spiro atoms. The summed E-state index contributed by atoms with van der Waals surface area (Å²) in [4.78, 5) is 8.85. The summed E-state index contributed by atoms with van der Waals surface area (Å²) in [5.41, 5.74) is 6.12. The topological polar surface area (TPSA) is 63.8 Å². The largest absolute Gasteiger partial charge is 0.271 e. The highest BCUT2D eigenvalue weighted by atomic mass is 15.2. The van der Waals surface area contributed by atoms with Gasteiger partial charge in [0.25, 0.3) is 0 Å². The molecule has 4 nitrogen and oxygen atoms in total. The number of pyridine rings is 2. The summed E-state index contributed by atoms with van der Waals surface area (Å²) in [6, 6.07) is 16.2. The van der Waals surface area contributed by atoms with E-state index < -0.39 is 0 Å². The Labute approximate surface area is 124 Å². The summed E-state index contributed by atoms with van der Waals surface area (Å²) in [6.45, 7) is 0. The molecule has 1 aromatic carbocycles. The Morgan fingerprint density at radius 1 is 0.952 bits per heavy atom. The normalized spacial score (nSPS) is 12.4. The number of aryl methyl sites for hydroxylation is 1. The summed E-state index contributed by atoms with van der Waals surface area (Å²) < 4.78 is 0. The van der Waals surface area contributed by atoms with Crippen molar-refractivity contribution in [1.29, 1.82) is 0 Å². The first kappa shape index (κ1) is 13.7. The highest BCUT2D eigenvalue weighted by molar-refractivity contribution is 5.81. The van der Waals surface area contributed by atoms with Gasteiger partial charge in [-0.2, -0.15) is 0 Å². The van der Waals surface area contributed by atoms with Crippen molar-refractivity contribution < 1.29 is 0 Å². The third-order valence-electron chi connectivity index (χ3n) is 3.66. The lowest BCUT2D eigenvalue weighted by Gasteiger charge is -2.17. The van der Waals surface area contributed by atoms with E-state index in [0.717, 1.165) is 35.0 Å². The molecule has 0 radical (unpaired) electrons. The fourth-order valence-corrected chi connectivity index (χ4v) is 2.58. The predicted octanol–water partition coefficient (Wildman–Crippen LogP) is 2.77. The number of nitrogens with one attached hydrogen (secondary N) is 1. The minimum absolute atomic E-state index is 0.0607. The minimum atomic E-state index is 0.0607. The second-order valence-corrected chi connectivity index (χ2v) is 5.00. The molecule has 2 aromatic heterocycles. The molecule has 0 fully saturated rings. The van der Waals surface area contributed by atoms with Crippen LogP contribution in [0.5, 0.6) is 0 Å². The lowest BCUT2D eigenvalue weighted by atomic mass is 9.98. The molecule has 0 aliphatic rings. The number of hydrogen-bond donors (Lipinski definition) is 2. The number of hydrogen-bond acceptors (Lipinski definition) is 4. The van der Waals surface area contributed by atoms with Gasteiger partial charge in [-0.1, -0.05) is 30.3 Å². The van der Waals surface area contributed by atoms with Crippen molar-refractivity contribution in [1.82, 2.24) is 15.4 Å². The van der Waals surface area contributed by atoms with Crippen LogP contribution in [0.1, 0.15) is 23.7 Å². The number of para-hydroxylation sites is 1. The number of nitrogens with zero attached hydrogens (tertiary/aromatic N) is 2. The molecule has 0 amide bonds. The molecule has 2 heterocycles. The molecule has 3 aromatic rings. The third-order valence-corrected chi connectivity index (χ3v) is 3.66. The molecule has 1 unspecified atom stereocenters. The van der Waals surface area contributed by atoms with E-state index in [-0.39, 0.29) is 6.04 Å². The zero-order chi connectivity index (χ0) is 14.5. The maximum absolute atomic E-state index is 5.76. The van der Waals surface area contributed by atoms with Crippen molar-refractivity contribution in [3.63, 3.8) is 0 Å². The summed E-state index contributed by atoms with van der Waals surface area (Å²) >= 11 is 0. The van der Waals surface area contributed by atoms with Gasteiger partial charge in [-0.15, -0.1) is 0 Å². The molecule has 3 rings (SSSR count). The SMILES string of the molecule is NNC(CCc1ccccn1)c1cccc2cccnc12. The highest BCUT2D eigenvalue weighted by Gasteiger charge is 2.13. The van der Waals surface area contributed by atoms with Crippen LogP contribution in [0.3, 0.4) is 0 Å². The average molecular weight is 278 g/mol. The van der Waals surface area contributed by atoms with Crippen LogP contribution in [0.2, 0.25) is 0 Å². The second-order valence-electron chi connectivity index (χ2n) is 5.00. The molecule has 106 valence electrons. The van der Waals surface area contributed by atoms with Gasteiger partial charge in [0.1, 0.15) is 0 Å². The van der Waals surface area contributed by atoms with Gasteiger partial charge in [0, 0.05) is 29.5 Å². The van der Waals surface area contributed by atoms with Crippen molar-refractivity contribution in [3.05, 3.63) is 72.2 Å². The van der Waals surface area contributed by atoms with Gasteiger partial charge in [-0.3, -0.25) is 21.2 Å². The lowest BCUT2D eigenvalue weighted by Crippen LogP contribution is -2.28. The second kappa shape index (κ2) is 6.43.